The van der Waals surface area contributed by atoms with Crippen molar-refractivity contribution in [3.63, 3.8) is 0 Å². The molecule has 0 spiro atoms. The van der Waals surface area contributed by atoms with Crippen molar-refractivity contribution >= 4 is 5.97 Å². The van der Waals surface area contributed by atoms with Gasteiger partial charge in [-0.15, -0.1) is 0 Å². The zero-order valence-corrected chi connectivity index (χ0v) is 33.9. The first-order valence-corrected chi connectivity index (χ1v) is 21.0. The molecule has 7 aliphatic rings. The molecule has 14 nitrogen and oxygen atoms in total. The molecular formula is C42H68O14. The Bertz CT molecular complexity index is 1500. The molecule has 9 N–H and O–H groups in total. The molecule has 0 aromatic carbocycles. The Hall–Kier alpha value is -1.27. The maximum Gasteiger partial charge on any atom is 0.310 e. The van der Waals surface area contributed by atoms with Gasteiger partial charge in [0.2, 0.25) is 0 Å². The largest absolute Gasteiger partial charge is 0.481 e. The van der Waals surface area contributed by atoms with E-state index in [0.29, 0.717) is 19.3 Å². The van der Waals surface area contributed by atoms with E-state index in [2.05, 4.69) is 40.7 Å². The Morgan fingerprint density at radius 1 is 0.750 bits per heavy atom. The Balaban J connectivity index is 1.16. The lowest BCUT2D eigenvalue weighted by atomic mass is 9.33. The minimum Gasteiger partial charge on any atom is -0.481 e. The van der Waals surface area contributed by atoms with Gasteiger partial charge in [-0.2, -0.15) is 0 Å². The fraction of sp³-hybridized carbons (Fsp3) is 0.929. The predicted molar refractivity (Wildman–Crippen MR) is 199 cm³/mol. The normalized spacial score (nSPS) is 54.1. The summed E-state index contributed by atoms with van der Waals surface area (Å²) in [6.07, 6.45) is -6.06. The van der Waals surface area contributed by atoms with Crippen molar-refractivity contribution in [3.8, 4) is 0 Å². The van der Waals surface area contributed by atoms with Crippen LogP contribution in [0.15, 0.2) is 11.6 Å². The summed E-state index contributed by atoms with van der Waals surface area (Å²) in [5.74, 6) is -0.394. The van der Waals surface area contributed by atoms with Crippen molar-refractivity contribution in [3.05, 3.63) is 11.6 Å². The van der Waals surface area contributed by atoms with E-state index in [9.17, 15) is 50.8 Å². The lowest BCUT2D eigenvalue weighted by Crippen LogP contribution is -2.67. The van der Waals surface area contributed by atoms with Crippen molar-refractivity contribution < 1.29 is 69.7 Å². The maximum atomic E-state index is 13.1. The van der Waals surface area contributed by atoms with Crippen LogP contribution in [-0.4, -0.2) is 139 Å². The second-order valence-electron chi connectivity index (χ2n) is 20.6. The Labute approximate surface area is 330 Å². The van der Waals surface area contributed by atoms with E-state index in [1.807, 2.05) is 6.92 Å². The Kier molecular flexibility index (Phi) is 11.3. The van der Waals surface area contributed by atoms with Gasteiger partial charge in [-0.05, 0) is 104 Å². The molecule has 0 amide bonds. The van der Waals surface area contributed by atoms with Crippen molar-refractivity contribution in [2.75, 3.05) is 19.8 Å². The molecule has 320 valence electrons. The average molecular weight is 797 g/mol. The summed E-state index contributed by atoms with van der Waals surface area (Å²) in [6.45, 7) is 12.4. The van der Waals surface area contributed by atoms with Crippen LogP contribution >= 0.6 is 0 Å². The monoisotopic (exact) mass is 796 g/mol. The van der Waals surface area contributed by atoms with Crippen molar-refractivity contribution in [2.45, 2.75) is 173 Å². The molecule has 7 rings (SSSR count). The summed E-state index contributed by atoms with van der Waals surface area (Å²) in [6, 6.07) is 0. The van der Waals surface area contributed by atoms with Crippen LogP contribution in [0.2, 0.25) is 0 Å². The van der Waals surface area contributed by atoms with E-state index in [1.54, 1.807) is 0 Å². The quantitative estimate of drug-likeness (QED) is 0.160. The van der Waals surface area contributed by atoms with Crippen LogP contribution in [0.5, 0.6) is 0 Å². The number of aliphatic hydroxyl groups excluding tert-OH is 8. The van der Waals surface area contributed by atoms with E-state index in [0.717, 1.165) is 44.9 Å². The molecule has 0 unspecified atom stereocenters. The molecule has 6 fully saturated rings. The average Bonchev–Trinajstić information content (AvgIpc) is 3.14. The summed E-state index contributed by atoms with van der Waals surface area (Å²) < 4.78 is 23.9. The molecule has 2 aliphatic heterocycles. The number of carbonyl (C=O) groups is 1. The molecule has 0 aromatic rings. The summed E-state index contributed by atoms with van der Waals surface area (Å²) in [5.41, 5.74) is -0.607. The van der Waals surface area contributed by atoms with Crippen LogP contribution in [0.1, 0.15) is 106 Å². The number of carboxylic acids is 1. The molecule has 2 heterocycles. The van der Waals surface area contributed by atoms with E-state index >= 15 is 0 Å². The first-order valence-electron chi connectivity index (χ1n) is 21.0. The van der Waals surface area contributed by atoms with Gasteiger partial charge in [0.05, 0.1) is 31.3 Å². The number of carboxylic acid groups (broad SMARTS) is 1. The summed E-state index contributed by atoms with van der Waals surface area (Å²) in [7, 11) is 0. The molecule has 14 heteroatoms. The Morgan fingerprint density at radius 3 is 2.02 bits per heavy atom. The lowest BCUT2D eigenvalue weighted by molar-refractivity contribution is -0.371. The van der Waals surface area contributed by atoms with Crippen LogP contribution in [0.25, 0.3) is 0 Å². The topological polar surface area (TPSA) is 236 Å². The molecule has 56 heavy (non-hydrogen) atoms. The number of aliphatic hydroxyl groups is 8. The highest BCUT2D eigenvalue weighted by atomic mass is 16.8. The van der Waals surface area contributed by atoms with Gasteiger partial charge in [0, 0.05) is 5.41 Å². The van der Waals surface area contributed by atoms with Crippen molar-refractivity contribution in [1.29, 1.82) is 0 Å². The van der Waals surface area contributed by atoms with Crippen LogP contribution in [0.3, 0.4) is 0 Å². The van der Waals surface area contributed by atoms with Gasteiger partial charge in [0.1, 0.15) is 48.8 Å². The van der Waals surface area contributed by atoms with Crippen molar-refractivity contribution in [1.82, 2.24) is 0 Å². The first-order chi connectivity index (χ1) is 26.1. The standard InChI is InChI=1S/C42H68O14/c1-37(2)13-15-42(36(51)52)16-14-40(5)21(22(42)17-37)7-8-26-38(3)11-10-27(45)39(4,25(38)9-12-41(26,40)6)20-53-35-33(31(49)29(47)24(19-44)55-35)56-34-32(50)30(48)28(46)23(18-43)54-34/h7,22-35,43-50H,8-20H2,1-6H3,(H,51,52)/t22-,23+,24+,25+,26+,27-,28+,29+,30-,31-,32+,33+,34-,35+,38-,39-,40+,41+,42-/m0/s1. The van der Waals surface area contributed by atoms with Gasteiger partial charge in [0.15, 0.2) is 12.6 Å². The minimum atomic E-state index is -1.79. The van der Waals surface area contributed by atoms with Gasteiger partial charge in [-0.1, -0.05) is 53.2 Å². The second kappa shape index (κ2) is 14.7. The SMILES string of the molecule is CC1(C)CC[C@]2(C(=O)O)CC[C@]3(C)C(=CC[C@@H]4[C@@]5(C)CC[C@H](O)[C@@](C)(CO[C@@H]6O[C@H](CO)[C@@H](O)[C@H](O)[C@H]6O[C@@H]6O[C@H](CO)[C@@H](O)[C@H](O)[C@H]6O)[C@@H]5CC[C@]43C)[C@@H]2C1. The third kappa shape index (κ3) is 6.29. The number of fused-ring (bicyclic) bond motifs is 7. The second-order valence-corrected chi connectivity index (χ2v) is 20.6. The minimum absolute atomic E-state index is 0.00269. The van der Waals surface area contributed by atoms with E-state index in [1.165, 1.54) is 5.57 Å². The molecule has 2 saturated heterocycles. The smallest absolute Gasteiger partial charge is 0.310 e. The number of hydrogen-bond acceptors (Lipinski definition) is 13. The first kappa shape index (κ1) is 42.8. The fourth-order valence-corrected chi connectivity index (χ4v) is 13.6. The zero-order valence-electron chi connectivity index (χ0n) is 33.9. The zero-order chi connectivity index (χ0) is 41.0. The predicted octanol–water partition coefficient (Wildman–Crippen LogP) is 1.85. The number of allylic oxidation sites excluding steroid dienone is 2. The van der Waals surface area contributed by atoms with Crippen LogP contribution < -0.4 is 0 Å². The summed E-state index contributed by atoms with van der Waals surface area (Å²) in [5, 5.41) is 95.7. The van der Waals surface area contributed by atoms with Gasteiger partial charge < -0.3 is 64.9 Å². The highest BCUT2D eigenvalue weighted by Crippen LogP contribution is 2.75. The van der Waals surface area contributed by atoms with Crippen LogP contribution in [0, 0.1) is 50.2 Å². The maximum absolute atomic E-state index is 13.1. The van der Waals surface area contributed by atoms with E-state index in [4.69, 9.17) is 18.9 Å². The van der Waals surface area contributed by atoms with Gasteiger partial charge in [-0.3, -0.25) is 4.79 Å². The third-order valence-electron chi connectivity index (χ3n) is 17.4. The fourth-order valence-electron chi connectivity index (χ4n) is 13.6. The molecule has 19 atom stereocenters. The molecule has 4 saturated carbocycles. The number of ether oxygens (including phenoxy) is 4. The molecule has 0 aromatic heterocycles. The molecule has 0 bridgehead atoms. The van der Waals surface area contributed by atoms with Crippen molar-refractivity contribution in [2.24, 2.45) is 50.2 Å². The van der Waals surface area contributed by atoms with Gasteiger partial charge >= 0.3 is 5.97 Å². The highest BCUT2D eigenvalue weighted by molar-refractivity contribution is 5.76. The lowest BCUT2D eigenvalue weighted by Gasteiger charge is -2.71. The summed E-state index contributed by atoms with van der Waals surface area (Å²) in [4.78, 5) is 13.1. The van der Waals surface area contributed by atoms with E-state index in [-0.39, 0.29) is 46.0 Å². The summed E-state index contributed by atoms with van der Waals surface area (Å²) >= 11 is 0. The van der Waals surface area contributed by atoms with Gasteiger partial charge in [0.25, 0.3) is 0 Å². The molecule has 5 aliphatic carbocycles. The Morgan fingerprint density at radius 2 is 1.38 bits per heavy atom. The molecular weight excluding hydrogens is 728 g/mol. The number of hydrogen-bond donors (Lipinski definition) is 9. The van der Waals surface area contributed by atoms with Crippen LogP contribution in [-0.2, 0) is 23.7 Å². The third-order valence-corrected chi connectivity index (χ3v) is 17.4. The van der Waals surface area contributed by atoms with E-state index < -0.39 is 97.5 Å². The van der Waals surface area contributed by atoms with Crippen LogP contribution in [0.4, 0.5) is 0 Å². The highest BCUT2D eigenvalue weighted by Gasteiger charge is 2.70. The molecule has 0 radical (unpaired) electrons. The number of aliphatic carboxylic acids is 1. The van der Waals surface area contributed by atoms with Gasteiger partial charge in [-0.25, -0.2) is 0 Å². The number of rotatable bonds is 8.